The van der Waals surface area contributed by atoms with Crippen molar-refractivity contribution in [2.24, 2.45) is 5.92 Å². The molecule has 27 heavy (non-hydrogen) atoms. The molecule has 6 heteroatoms. The number of hydrogen-bond acceptors (Lipinski definition) is 5. The molecule has 0 radical (unpaired) electrons. The van der Waals surface area contributed by atoms with Crippen molar-refractivity contribution in [1.82, 2.24) is 14.8 Å². The molecule has 146 valence electrons. The van der Waals surface area contributed by atoms with Crippen molar-refractivity contribution in [3.05, 3.63) is 47.7 Å². The maximum absolute atomic E-state index is 13.0. The number of ether oxygens (including phenoxy) is 1. The van der Waals surface area contributed by atoms with E-state index in [1.54, 1.807) is 7.11 Å². The molecule has 0 unspecified atom stereocenters. The second-order valence-electron chi connectivity index (χ2n) is 7.36. The minimum absolute atomic E-state index is 0.0579. The minimum atomic E-state index is -0.0579. The Morgan fingerprint density at radius 2 is 2.00 bits per heavy atom. The Kier molecular flexibility index (Phi) is 6.50. The molecule has 0 spiro atoms. The number of likely N-dealkylation sites (tertiary alicyclic amines) is 1. The second kappa shape index (κ2) is 9.04. The number of rotatable bonds is 7. The predicted molar refractivity (Wildman–Crippen MR) is 104 cm³/mol. The van der Waals surface area contributed by atoms with E-state index in [9.17, 15) is 4.79 Å². The number of aromatic nitrogens is 1. The number of hydrogen-bond donors (Lipinski definition) is 0. The van der Waals surface area contributed by atoms with Gasteiger partial charge in [0.1, 0.15) is 5.75 Å². The van der Waals surface area contributed by atoms with Crippen LogP contribution in [0, 0.1) is 12.8 Å². The highest BCUT2D eigenvalue weighted by molar-refractivity contribution is 5.92. The summed E-state index contributed by atoms with van der Waals surface area (Å²) in [5.41, 5.74) is 1.84. The van der Waals surface area contributed by atoms with Crippen molar-refractivity contribution in [3.63, 3.8) is 0 Å². The molecule has 6 nitrogen and oxygen atoms in total. The van der Waals surface area contributed by atoms with E-state index in [1.807, 2.05) is 24.0 Å². The molecule has 0 bridgehead atoms. The number of carbonyl (C=O) groups excluding carboxylic acids is 1. The monoisotopic (exact) mass is 371 g/mol. The molecular formula is C21H29N3O3. The zero-order valence-corrected chi connectivity index (χ0v) is 16.5. The molecule has 0 atom stereocenters. The lowest BCUT2D eigenvalue weighted by atomic mass is 9.96. The van der Waals surface area contributed by atoms with Gasteiger partial charge in [-0.1, -0.05) is 12.1 Å². The number of benzene rings is 1. The summed E-state index contributed by atoms with van der Waals surface area (Å²) >= 11 is 0. The standard InChI is InChI=1S/C21H29N3O3/c1-16-20(27-15-22-16)21(25)24(14-18-8-11-23(2)12-9-18)13-10-17-4-6-19(26-3)7-5-17/h4-7,15,18H,8-14H2,1-3H3. The van der Waals surface area contributed by atoms with Gasteiger partial charge in [0.2, 0.25) is 5.76 Å². The van der Waals surface area contributed by atoms with Gasteiger partial charge in [0, 0.05) is 13.1 Å². The molecule has 1 fully saturated rings. The lowest BCUT2D eigenvalue weighted by Crippen LogP contribution is -2.41. The largest absolute Gasteiger partial charge is 0.497 e. The van der Waals surface area contributed by atoms with Gasteiger partial charge >= 0.3 is 0 Å². The summed E-state index contributed by atoms with van der Waals surface area (Å²) in [4.78, 5) is 21.4. The fraction of sp³-hybridized carbons (Fsp3) is 0.524. The Balaban J connectivity index is 1.68. The van der Waals surface area contributed by atoms with Crippen LogP contribution in [0.4, 0.5) is 0 Å². The molecule has 2 heterocycles. The van der Waals surface area contributed by atoms with Crippen molar-refractivity contribution >= 4 is 5.91 Å². The van der Waals surface area contributed by atoms with Gasteiger partial charge in [0.25, 0.3) is 5.91 Å². The van der Waals surface area contributed by atoms with E-state index in [4.69, 9.17) is 9.15 Å². The Bertz CT molecular complexity index is 733. The SMILES string of the molecule is COc1ccc(CCN(CC2CCN(C)CC2)C(=O)c2ocnc2C)cc1. The van der Waals surface area contributed by atoms with Gasteiger partial charge in [-0.25, -0.2) is 4.98 Å². The van der Waals surface area contributed by atoms with Crippen LogP contribution in [0.2, 0.25) is 0 Å². The zero-order chi connectivity index (χ0) is 19.2. The Morgan fingerprint density at radius 1 is 1.30 bits per heavy atom. The van der Waals surface area contributed by atoms with E-state index >= 15 is 0 Å². The first-order valence-corrected chi connectivity index (χ1v) is 9.57. The number of oxazole rings is 1. The smallest absolute Gasteiger partial charge is 0.291 e. The number of aryl methyl sites for hydroxylation is 1. The highest BCUT2D eigenvalue weighted by atomic mass is 16.5. The Hall–Kier alpha value is -2.34. The highest BCUT2D eigenvalue weighted by Gasteiger charge is 2.26. The maximum atomic E-state index is 13.0. The molecule has 0 saturated carbocycles. The van der Waals surface area contributed by atoms with Crippen molar-refractivity contribution in [1.29, 1.82) is 0 Å². The topological polar surface area (TPSA) is 58.8 Å². The molecule has 0 aliphatic carbocycles. The molecule has 2 aromatic rings. The number of piperidine rings is 1. The Morgan fingerprint density at radius 3 is 2.59 bits per heavy atom. The van der Waals surface area contributed by atoms with Gasteiger partial charge in [-0.2, -0.15) is 0 Å². The van der Waals surface area contributed by atoms with E-state index in [2.05, 4.69) is 29.1 Å². The van der Waals surface area contributed by atoms with Gasteiger partial charge < -0.3 is 19.0 Å². The van der Waals surface area contributed by atoms with Crippen LogP contribution >= 0.6 is 0 Å². The molecule has 0 N–H and O–H groups in total. The molecule has 1 aliphatic rings. The summed E-state index contributed by atoms with van der Waals surface area (Å²) in [6.07, 6.45) is 4.39. The quantitative estimate of drug-likeness (QED) is 0.749. The van der Waals surface area contributed by atoms with Gasteiger partial charge in [0.05, 0.1) is 12.8 Å². The zero-order valence-electron chi connectivity index (χ0n) is 16.5. The van der Waals surface area contributed by atoms with Crippen LogP contribution in [0.1, 0.15) is 34.7 Å². The molecule has 1 amide bonds. The van der Waals surface area contributed by atoms with Crippen LogP contribution in [0.15, 0.2) is 35.1 Å². The van der Waals surface area contributed by atoms with Crippen LogP contribution in [0.5, 0.6) is 5.75 Å². The third-order valence-corrected chi connectivity index (χ3v) is 5.37. The van der Waals surface area contributed by atoms with Crippen LogP contribution < -0.4 is 4.74 Å². The Labute approximate surface area is 161 Å². The predicted octanol–water partition coefficient (Wildman–Crippen LogP) is 3.02. The minimum Gasteiger partial charge on any atom is -0.497 e. The van der Waals surface area contributed by atoms with Crippen molar-refractivity contribution in [2.45, 2.75) is 26.2 Å². The maximum Gasteiger partial charge on any atom is 0.291 e. The fourth-order valence-electron chi connectivity index (χ4n) is 3.54. The third kappa shape index (κ3) is 5.10. The van der Waals surface area contributed by atoms with E-state index < -0.39 is 0 Å². The normalized spacial score (nSPS) is 15.7. The summed E-state index contributed by atoms with van der Waals surface area (Å²) in [6.45, 7) is 5.42. The van der Waals surface area contributed by atoms with Crippen LogP contribution in [0.25, 0.3) is 0 Å². The summed E-state index contributed by atoms with van der Waals surface area (Å²) in [7, 11) is 3.82. The fourth-order valence-corrected chi connectivity index (χ4v) is 3.54. The summed E-state index contributed by atoms with van der Waals surface area (Å²) in [5.74, 6) is 1.68. The lowest BCUT2D eigenvalue weighted by molar-refractivity contribution is 0.0668. The second-order valence-corrected chi connectivity index (χ2v) is 7.36. The molecule has 1 aromatic carbocycles. The van der Waals surface area contributed by atoms with Crippen LogP contribution in [-0.4, -0.2) is 61.0 Å². The van der Waals surface area contributed by atoms with Crippen molar-refractivity contribution in [2.75, 3.05) is 40.3 Å². The number of amides is 1. The molecule has 1 aliphatic heterocycles. The van der Waals surface area contributed by atoms with Gasteiger partial charge in [-0.05, 0) is 69.9 Å². The van der Waals surface area contributed by atoms with Gasteiger partial charge in [0.15, 0.2) is 6.39 Å². The van der Waals surface area contributed by atoms with E-state index in [0.29, 0.717) is 23.9 Å². The number of carbonyl (C=O) groups is 1. The first-order valence-electron chi connectivity index (χ1n) is 9.57. The highest BCUT2D eigenvalue weighted by Crippen LogP contribution is 2.20. The third-order valence-electron chi connectivity index (χ3n) is 5.37. The van der Waals surface area contributed by atoms with Gasteiger partial charge in [-0.3, -0.25) is 4.79 Å². The number of nitrogens with zero attached hydrogens (tertiary/aromatic N) is 3. The number of methoxy groups -OCH3 is 1. The average Bonchev–Trinajstić information content (AvgIpc) is 3.12. The molecule has 3 rings (SSSR count). The first-order chi connectivity index (χ1) is 13.1. The van der Waals surface area contributed by atoms with Crippen LogP contribution in [-0.2, 0) is 6.42 Å². The van der Waals surface area contributed by atoms with Crippen molar-refractivity contribution in [3.8, 4) is 5.75 Å². The van der Waals surface area contributed by atoms with E-state index in [0.717, 1.165) is 44.6 Å². The van der Waals surface area contributed by atoms with Crippen LogP contribution in [0.3, 0.4) is 0 Å². The summed E-state index contributed by atoms with van der Waals surface area (Å²) in [6, 6.07) is 8.02. The molecular weight excluding hydrogens is 342 g/mol. The lowest BCUT2D eigenvalue weighted by Gasteiger charge is -2.33. The molecule has 1 saturated heterocycles. The van der Waals surface area contributed by atoms with Crippen molar-refractivity contribution < 1.29 is 13.9 Å². The van der Waals surface area contributed by atoms with E-state index in [1.165, 1.54) is 12.0 Å². The molecule has 1 aromatic heterocycles. The van der Waals surface area contributed by atoms with Gasteiger partial charge in [-0.15, -0.1) is 0 Å². The average molecular weight is 371 g/mol. The van der Waals surface area contributed by atoms with E-state index in [-0.39, 0.29) is 5.91 Å². The first kappa shape index (κ1) is 19.4. The summed E-state index contributed by atoms with van der Waals surface area (Å²) in [5, 5.41) is 0. The summed E-state index contributed by atoms with van der Waals surface area (Å²) < 4.78 is 10.6.